The highest BCUT2D eigenvalue weighted by Crippen LogP contribution is 2.37. The molecule has 0 unspecified atom stereocenters. The van der Waals surface area contributed by atoms with Gasteiger partial charge in [0.15, 0.2) is 5.82 Å². The summed E-state index contributed by atoms with van der Waals surface area (Å²) in [6, 6.07) is 7.67. The molecule has 1 aliphatic heterocycles. The second-order valence-corrected chi connectivity index (χ2v) is 6.11. The molecule has 0 saturated heterocycles. The summed E-state index contributed by atoms with van der Waals surface area (Å²) in [6.07, 6.45) is 1.57. The molecule has 3 nitrogen and oxygen atoms in total. The fourth-order valence-corrected chi connectivity index (χ4v) is 3.28. The third kappa shape index (κ3) is 3.08. The monoisotopic (exact) mass is 351 g/mol. The van der Waals surface area contributed by atoms with E-state index in [0.29, 0.717) is 25.2 Å². The van der Waals surface area contributed by atoms with Gasteiger partial charge in [-0.25, -0.2) is 13.6 Å². The second kappa shape index (κ2) is 6.77. The lowest BCUT2D eigenvalue weighted by atomic mass is 9.96. The van der Waals surface area contributed by atoms with Crippen LogP contribution < -0.4 is 4.90 Å². The summed E-state index contributed by atoms with van der Waals surface area (Å²) in [4.78, 5) is 14.0. The summed E-state index contributed by atoms with van der Waals surface area (Å²) < 4.78 is 32.3. The van der Waals surface area contributed by atoms with Crippen LogP contribution >= 0.6 is 11.6 Å². The lowest BCUT2D eigenvalue weighted by Crippen LogP contribution is -2.31. The molecule has 126 valence electrons. The second-order valence-electron chi connectivity index (χ2n) is 5.70. The first-order chi connectivity index (χ1) is 11.5. The Labute approximate surface area is 143 Å². The Morgan fingerprint density at radius 3 is 2.67 bits per heavy atom. The van der Waals surface area contributed by atoms with Gasteiger partial charge in [-0.15, -0.1) is 0 Å². The van der Waals surface area contributed by atoms with Crippen molar-refractivity contribution in [3.63, 3.8) is 0 Å². The van der Waals surface area contributed by atoms with Gasteiger partial charge < -0.3 is 9.64 Å². The van der Waals surface area contributed by atoms with Crippen molar-refractivity contribution < 1.29 is 18.3 Å². The van der Waals surface area contributed by atoms with Crippen LogP contribution in [0.3, 0.4) is 0 Å². The topological polar surface area (TPSA) is 29.5 Å². The molecule has 0 atom stereocenters. The van der Waals surface area contributed by atoms with Crippen molar-refractivity contribution in [2.24, 2.45) is 0 Å². The summed E-state index contributed by atoms with van der Waals surface area (Å²) in [5, 5.41) is -0.0854. The SMILES string of the molecule is COC(=O)c1c(F)c(Cl)cc2c1N(Cc1ccc(F)cc1)CCC2. The number of anilines is 1. The van der Waals surface area contributed by atoms with Gasteiger partial charge in [-0.1, -0.05) is 23.7 Å². The fraction of sp³-hybridized carbons (Fsp3) is 0.278. The highest BCUT2D eigenvalue weighted by atomic mass is 35.5. The normalized spacial score (nSPS) is 13.6. The Balaban J connectivity index is 2.06. The van der Waals surface area contributed by atoms with Crippen LogP contribution in [0.4, 0.5) is 14.5 Å². The smallest absolute Gasteiger partial charge is 0.343 e. The Kier molecular flexibility index (Phi) is 4.71. The van der Waals surface area contributed by atoms with Crippen molar-refractivity contribution in [2.75, 3.05) is 18.6 Å². The number of methoxy groups -OCH3 is 1. The maximum absolute atomic E-state index is 14.5. The van der Waals surface area contributed by atoms with Gasteiger partial charge in [0.25, 0.3) is 0 Å². The number of halogens is 3. The van der Waals surface area contributed by atoms with Gasteiger partial charge in [-0.05, 0) is 42.2 Å². The molecular formula is C18H16ClF2NO2. The van der Waals surface area contributed by atoms with Gasteiger partial charge in [0, 0.05) is 13.1 Å². The predicted molar refractivity (Wildman–Crippen MR) is 88.5 cm³/mol. The van der Waals surface area contributed by atoms with E-state index in [-0.39, 0.29) is 16.4 Å². The average molecular weight is 352 g/mol. The summed E-state index contributed by atoms with van der Waals surface area (Å²) in [7, 11) is 1.21. The Morgan fingerprint density at radius 1 is 1.29 bits per heavy atom. The highest BCUT2D eigenvalue weighted by molar-refractivity contribution is 6.31. The summed E-state index contributed by atoms with van der Waals surface area (Å²) in [5.41, 5.74) is 2.06. The number of rotatable bonds is 3. The lowest BCUT2D eigenvalue weighted by Gasteiger charge is -2.33. The van der Waals surface area contributed by atoms with Crippen LogP contribution in [0.25, 0.3) is 0 Å². The minimum Gasteiger partial charge on any atom is -0.465 e. The zero-order valence-electron chi connectivity index (χ0n) is 13.1. The van der Waals surface area contributed by atoms with Crippen LogP contribution in [-0.2, 0) is 17.7 Å². The zero-order chi connectivity index (χ0) is 17.3. The van der Waals surface area contributed by atoms with E-state index in [0.717, 1.165) is 17.5 Å². The van der Waals surface area contributed by atoms with Crippen LogP contribution in [0.1, 0.15) is 27.9 Å². The molecule has 2 aromatic rings. The molecule has 0 aliphatic carbocycles. The van der Waals surface area contributed by atoms with Gasteiger partial charge in [0.05, 0.1) is 17.8 Å². The number of fused-ring (bicyclic) bond motifs is 1. The van der Waals surface area contributed by atoms with Gasteiger partial charge in [0.2, 0.25) is 0 Å². The average Bonchev–Trinajstić information content (AvgIpc) is 2.58. The van der Waals surface area contributed by atoms with Crippen LogP contribution in [0, 0.1) is 11.6 Å². The Morgan fingerprint density at radius 2 is 2.00 bits per heavy atom. The molecule has 0 saturated carbocycles. The van der Waals surface area contributed by atoms with E-state index < -0.39 is 11.8 Å². The van der Waals surface area contributed by atoms with Gasteiger partial charge in [-0.2, -0.15) is 0 Å². The van der Waals surface area contributed by atoms with Crippen LogP contribution in [0.2, 0.25) is 5.02 Å². The summed E-state index contributed by atoms with van der Waals surface area (Å²) in [6.45, 7) is 1.10. The fourth-order valence-electron chi connectivity index (χ4n) is 3.05. The number of hydrogen-bond donors (Lipinski definition) is 0. The number of carbonyl (C=O) groups is 1. The summed E-state index contributed by atoms with van der Waals surface area (Å²) >= 11 is 5.93. The summed E-state index contributed by atoms with van der Waals surface area (Å²) in [5.74, 6) is -1.84. The van der Waals surface area contributed by atoms with Crippen LogP contribution in [-0.4, -0.2) is 19.6 Å². The first-order valence-corrected chi connectivity index (χ1v) is 7.97. The number of esters is 1. The largest absolute Gasteiger partial charge is 0.465 e. The van der Waals surface area contributed by atoms with E-state index in [2.05, 4.69) is 0 Å². The Bertz CT molecular complexity index is 778. The van der Waals surface area contributed by atoms with E-state index in [9.17, 15) is 13.6 Å². The van der Waals surface area contributed by atoms with Crippen molar-refractivity contribution in [1.82, 2.24) is 0 Å². The molecule has 0 spiro atoms. The van der Waals surface area contributed by atoms with Crippen LogP contribution in [0.15, 0.2) is 30.3 Å². The highest BCUT2D eigenvalue weighted by Gasteiger charge is 2.29. The molecule has 0 radical (unpaired) electrons. The van der Waals surface area contributed by atoms with Gasteiger partial charge in [-0.3, -0.25) is 0 Å². The number of carbonyl (C=O) groups excluding carboxylic acids is 1. The minimum atomic E-state index is -0.770. The molecule has 0 fully saturated rings. The van der Waals surface area contributed by atoms with Crippen molar-refractivity contribution in [3.05, 3.63) is 63.7 Å². The van der Waals surface area contributed by atoms with Crippen molar-refractivity contribution in [2.45, 2.75) is 19.4 Å². The van der Waals surface area contributed by atoms with Gasteiger partial charge >= 0.3 is 5.97 Å². The maximum atomic E-state index is 14.5. The quantitative estimate of drug-likeness (QED) is 0.770. The predicted octanol–water partition coefficient (Wildman–Crippen LogP) is 4.36. The molecule has 24 heavy (non-hydrogen) atoms. The molecule has 1 heterocycles. The lowest BCUT2D eigenvalue weighted by molar-refractivity contribution is 0.0596. The number of aryl methyl sites for hydroxylation is 1. The first-order valence-electron chi connectivity index (χ1n) is 7.60. The molecule has 0 aromatic heterocycles. The number of benzene rings is 2. The molecule has 2 aromatic carbocycles. The molecular weight excluding hydrogens is 336 g/mol. The van der Waals surface area contributed by atoms with Gasteiger partial charge in [0.1, 0.15) is 11.4 Å². The third-order valence-corrected chi connectivity index (χ3v) is 4.41. The van der Waals surface area contributed by atoms with E-state index in [1.165, 1.54) is 19.2 Å². The van der Waals surface area contributed by atoms with E-state index in [1.807, 2.05) is 4.90 Å². The van der Waals surface area contributed by atoms with Crippen molar-refractivity contribution >= 4 is 23.3 Å². The number of ether oxygens (including phenoxy) is 1. The van der Waals surface area contributed by atoms with E-state index in [4.69, 9.17) is 16.3 Å². The number of hydrogen-bond acceptors (Lipinski definition) is 3. The van der Waals surface area contributed by atoms with Crippen molar-refractivity contribution in [3.8, 4) is 0 Å². The third-order valence-electron chi connectivity index (χ3n) is 4.14. The molecule has 3 rings (SSSR count). The molecule has 0 N–H and O–H groups in total. The zero-order valence-corrected chi connectivity index (χ0v) is 13.9. The first kappa shape index (κ1) is 16.7. The number of nitrogens with zero attached hydrogens (tertiary/aromatic N) is 1. The molecule has 0 amide bonds. The molecule has 0 bridgehead atoms. The maximum Gasteiger partial charge on any atom is 0.343 e. The standard InChI is InChI=1S/C18H16ClF2NO2/c1-24-18(23)15-16(21)14(19)9-12-3-2-8-22(17(12)15)10-11-4-6-13(20)7-5-11/h4-7,9H,2-3,8,10H2,1H3. The minimum absolute atomic E-state index is 0.0854. The van der Waals surface area contributed by atoms with Crippen LogP contribution in [0.5, 0.6) is 0 Å². The molecule has 1 aliphatic rings. The van der Waals surface area contributed by atoms with Crippen molar-refractivity contribution in [1.29, 1.82) is 0 Å². The van der Waals surface area contributed by atoms with E-state index in [1.54, 1.807) is 18.2 Å². The Hall–Kier alpha value is -2.14. The molecule has 6 heteroatoms. The van der Waals surface area contributed by atoms with E-state index >= 15 is 0 Å².